The highest BCUT2D eigenvalue weighted by molar-refractivity contribution is 9.10. The predicted molar refractivity (Wildman–Crippen MR) is 91.9 cm³/mol. The van der Waals surface area contributed by atoms with Crippen LogP contribution in [0.1, 0.15) is 27.7 Å². The third-order valence-electron chi connectivity index (χ3n) is 2.94. The van der Waals surface area contributed by atoms with Crippen LogP contribution in [0.5, 0.6) is 0 Å². The van der Waals surface area contributed by atoms with Gasteiger partial charge in [-0.25, -0.2) is 0 Å². The summed E-state index contributed by atoms with van der Waals surface area (Å²) >= 11 is 3.37. The Morgan fingerprint density at radius 3 is 2.36 bits per heavy atom. The Kier molecular flexibility index (Phi) is 7.03. The van der Waals surface area contributed by atoms with Crippen molar-refractivity contribution in [2.24, 2.45) is 0 Å². The number of likely N-dealkylation sites (N-methyl/N-ethyl adjacent to an activating group) is 1. The van der Waals surface area contributed by atoms with Crippen molar-refractivity contribution in [1.82, 2.24) is 5.32 Å². The average Bonchev–Trinajstić information content (AvgIpc) is 2.35. The molecular weight excluding hydrogens is 346 g/mol. The summed E-state index contributed by atoms with van der Waals surface area (Å²) in [5, 5.41) is 5.76. The maximum Gasteiger partial charge on any atom is 0.279 e. The maximum atomic E-state index is 12.1. The van der Waals surface area contributed by atoms with Crippen LogP contribution >= 0.6 is 15.9 Å². The van der Waals surface area contributed by atoms with Gasteiger partial charge in [-0.1, -0.05) is 22.0 Å². The number of hydrogen-bond acceptors (Lipinski definition) is 2. The first kappa shape index (κ1) is 18.6. The molecule has 0 aliphatic rings. The highest BCUT2D eigenvalue weighted by Gasteiger charge is 2.20. The number of quaternary nitrogens is 1. The zero-order valence-electron chi connectivity index (χ0n) is 13.6. The highest BCUT2D eigenvalue weighted by Crippen LogP contribution is 2.15. The number of carbonyl (C=O) groups excluding carboxylic acids is 2. The molecule has 2 amide bonds. The molecule has 0 aliphatic heterocycles. The molecule has 3 N–H and O–H groups in total. The third kappa shape index (κ3) is 7.56. The minimum atomic E-state index is -0.255. The number of rotatable bonds is 6. The van der Waals surface area contributed by atoms with Crippen molar-refractivity contribution in [2.45, 2.75) is 33.2 Å². The fraction of sp³-hybridized carbons (Fsp3) is 0.500. The van der Waals surface area contributed by atoms with Crippen LogP contribution in [-0.4, -0.2) is 37.0 Å². The Balaban J connectivity index is 2.51. The largest absolute Gasteiger partial charge is 0.347 e. The molecule has 1 atom stereocenters. The molecule has 0 radical (unpaired) electrons. The standard InChI is InChI=1S/C16H24BrN3O2/c1-5-20(11-15(22)19-16(2,3)4)10-14(21)18-13-8-6-7-12(17)9-13/h6-9H,5,10-11H2,1-4H3,(H,18,21)(H,19,22)/p+1. The van der Waals surface area contributed by atoms with Crippen molar-refractivity contribution in [2.75, 3.05) is 25.0 Å². The van der Waals surface area contributed by atoms with E-state index in [4.69, 9.17) is 0 Å². The van der Waals surface area contributed by atoms with Crippen molar-refractivity contribution < 1.29 is 14.5 Å². The third-order valence-corrected chi connectivity index (χ3v) is 3.44. The Bertz CT molecular complexity index is 526. The fourth-order valence-electron chi connectivity index (χ4n) is 2.00. The van der Waals surface area contributed by atoms with E-state index in [-0.39, 0.29) is 23.9 Å². The van der Waals surface area contributed by atoms with Crippen molar-refractivity contribution in [3.05, 3.63) is 28.7 Å². The van der Waals surface area contributed by atoms with E-state index < -0.39 is 0 Å². The summed E-state index contributed by atoms with van der Waals surface area (Å²) in [6.07, 6.45) is 0. The van der Waals surface area contributed by atoms with Crippen LogP contribution < -0.4 is 15.5 Å². The fourth-order valence-corrected chi connectivity index (χ4v) is 2.40. The molecular formula is C16H25BrN3O2+. The normalized spacial score (nSPS) is 12.6. The number of hydrogen-bond donors (Lipinski definition) is 3. The van der Waals surface area contributed by atoms with E-state index in [9.17, 15) is 9.59 Å². The molecule has 6 heteroatoms. The highest BCUT2D eigenvalue weighted by atomic mass is 79.9. The minimum absolute atomic E-state index is 0.0420. The number of benzene rings is 1. The molecule has 122 valence electrons. The summed E-state index contributed by atoms with van der Waals surface area (Å²) in [7, 11) is 0. The Labute approximate surface area is 140 Å². The zero-order chi connectivity index (χ0) is 16.8. The van der Waals surface area contributed by atoms with Gasteiger partial charge >= 0.3 is 0 Å². The molecule has 0 saturated carbocycles. The molecule has 0 aromatic heterocycles. The molecule has 0 fully saturated rings. The van der Waals surface area contributed by atoms with Crippen LogP contribution in [0.2, 0.25) is 0 Å². The monoisotopic (exact) mass is 370 g/mol. The summed E-state index contributed by atoms with van der Waals surface area (Å²) < 4.78 is 0.912. The van der Waals surface area contributed by atoms with E-state index in [1.165, 1.54) is 0 Å². The summed E-state index contributed by atoms with van der Waals surface area (Å²) in [6.45, 7) is 9.05. The molecule has 1 unspecified atom stereocenters. The Morgan fingerprint density at radius 2 is 1.82 bits per heavy atom. The molecule has 5 nitrogen and oxygen atoms in total. The van der Waals surface area contributed by atoms with Crippen LogP contribution in [0.3, 0.4) is 0 Å². The van der Waals surface area contributed by atoms with E-state index in [1.54, 1.807) is 0 Å². The first-order valence-electron chi connectivity index (χ1n) is 7.39. The molecule has 0 aliphatic carbocycles. The number of nitrogens with one attached hydrogen (secondary N) is 3. The van der Waals surface area contributed by atoms with E-state index in [0.717, 1.165) is 15.1 Å². The van der Waals surface area contributed by atoms with Gasteiger partial charge in [0.2, 0.25) is 0 Å². The van der Waals surface area contributed by atoms with Gasteiger partial charge in [-0.15, -0.1) is 0 Å². The van der Waals surface area contributed by atoms with Gasteiger partial charge in [0.1, 0.15) is 0 Å². The molecule has 0 bridgehead atoms. The Morgan fingerprint density at radius 1 is 1.18 bits per heavy atom. The quantitative estimate of drug-likeness (QED) is 0.704. The smallest absolute Gasteiger partial charge is 0.279 e. The molecule has 0 saturated heterocycles. The van der Waals surface area contributed by atoms with E-state index in [0.29, 0.717) is 13.1 Å². The van der Waals surface area contributed by atoms with Crippen LogP contribution in [0.4, 0.5) is 5.69 Å². The van der Waals surface area contributed by atoms with E-state index >= 15 is 0 Å². The number of amides is 2. The lowest BCUT2D eigenvalue weighted by Crippen LogP contribution is -3.14. The van der Waals surface area contributed by atoms with Gasteiger partial charge in [0, 0.05) is 15.7 Å². The van der Waals surface area contributed by atoms with Gasteiger partial charge in [-0.05, 0) is 45.9 Å². The van der Waals surface area contributed by atoms with Crippen LogP contribution in [-0.2, 0) is 9.59 Å². The van der Waals surface area contributed by atoms with Gasteiger partial charge in [0.25, 0.3) is 11.8 Å². The van der Waals surface area contributed by atoms with Crippen LogP contribution in [0.25, 0.3) is 0 Å². The average molecular weight is 371 g/mol. The van der Waals surface area contributed by atoms with Crippen molar-refractivity contribution in [3.63, 3.8) is 0 Å². The van der Waals surface area contributed by atoms with Gasteiger partial charge in [0.05, 0.1) is 6.54 Å². The summed E-state index contributed by atoms with van der Waals surface area (Å²) in [6, 6.07) is 7.44. The van der Waals surface area contributed by atoms with Gasteiger partial charge in [-0.3, -0.25) is 9.59 Å². The minimum Gasteiger partial charge on any atom is -0.347 e. The second kappa shape index (κ2) is 8.29. The predicted octanol–water partition coefficient (Wildman–Crippen LogP) is 1.21. The Hall–Kier alpha value is -1.40. The lowest BCUT2D eigenvalue weighted by molar-refractivity contribution is -0.881. The first-order chi connectivity index (χ1) is 10.2. The topological polar surface area (TPSA) is 62.6 Å². The lowest BCUT2D eigenvalue weighted by Gasteiger charge is -2.23. The number of carbonyl (C=O) groups is 2. The maximum absolute atomic E-state index is 12.1. The SMILES string of the molecule is CC[NH+](CC(=O)Nc1cccc(Br)c1)CC(=O)NC(C)(C)C. The summed E-state index contributed by atoms with van der Waals surface area (Å²) in [5.41, 5.74) is 0.489. The molecule has 1 rings (SSSR count). The number of halogens is 1. The van der Waals surface area contributed by atoms with Crippen molar-refractivity contribution >= 4 is 33.4 Å². The summed E-state index contributed by atoms with van der Waals surface area (Å²) in [4.78, 5) is 24.9. The summed E-state index contributed by atoms with van der Waals surface area (Å²) in [5.74, 6) is -0.141. The van der Waals surface area contributed by atoms with E-state index in [2.05, 4.69) is 26.6 Å². The molecule has 0 spiro atoms. The lowest BCUT2D eigenvalue weighted by atomic mass is 10.1. The number of anilines is 1. The van der Waals surface area contributed by atoms with Gasteiger partial charge in [-0.2, -0.15) is 0 Å². The first-order valence-corrected chi connectivity index (χ1v) is 8.19. The van der Waals surface area contributed by atoms with Crippen LogP contribution in [0, 0.1) is 0 Å². The van der Waals surface area contributed by atoms with Gasteiger partial charge in [0.15, 0.2) is 13.1 Å². The second-order valence-electron chi connectivity index (χ2n) is 6.31. The van der Waals surface area contributed by atoms with Gasteiger partial charge < -0.3 is 15.5 Å². The van der Waals surface area contributed by atoms with Crippen LogP contribution in [0.15, 0.2) is 28.7 Å². The van der Waals surface area contributed by atoms with E-state index in [1.807, 2.05) is 52.0 Å². The molecule has 22 heavy (non-hydrogen) atoms. The molecule has 1 aromatic rings. The van der Waals surface area contributed by atoms with Crippen molar-refractivity contribution in [1.29, 1.82) is 0 Å². The second-order valence-corrected chi connectivity index (χ2v) is 7.23. The molecule has 1 aromatic carbocycles. The molecule has 0 heterocycles. The van der Waals surface area contributed by atoms with Crippen molar-refractivity contribution in [3.8, 4) is 0 Å². The zero-order valence-corrected chi connectivity index (χ0v) is 15.2.